The van der Waals surface area contributed by atoms with E-state index >= 15 is 0 Å². The molecule has 2 aliphatic heterocycles. The van der Waals surface area contributed by atoms with Gasteiger partial charge in [0.25, 0.3) is 0 Å². The summed E-state index contributed by atoms with van der Waals surface area (Å²) in [7, 11) is -3.24. The van der Waals surface area contributed by atoms with E-state index in [9.17, 15) is 18.0 Å². The zero-order valence-corrected chi connectivity index (χ0v) is 11.9. The largest absolute Gasteiger partial charge is 0.340 e. The molecule has 6 nitrogen and oxygen atoms in total. The third-order valence-corrected chi connectivity index (χ3v) is 5.26. The molecule has 0 bridgehead atoms. The maximum atomic E-state index is 12.5. The van der Waals surface area contributed by atoms with Crippen LogP contribution in [0.15, 0.2) is 11.5 Å². The summed E-state index contributed by atoms with van der Waals surface area (Å²) in [6.07, 6.45) is 2.48. The molecule has 1 unspecified atom stereocenters. The molecule has 0 radical (unpaired) electrons. The minimum atomic E-state index is -3.24. The fourth-order valence-corrected chi connectivity index (χ4v) is 3.91. The van der Waals surface area contributed by atoms with Crippen LogP contribution in [0.5, 0.6) is 0 Å². The van der Waals surface area contributed by atoms with Gasteiger partial charge in [-0.05, 0) is 18.9 Å². The molecular weight excluding hydrogens is 268 g/mol. The van der Waals surface area contributed by atoms with Crippen LogP contribution in [0.1, 0.15) is 26.7 Å². The summed E-state index contributed by atoms with van der Waals surface area (Å²) in [6.45, 7) is 3.60. The number of hydrogen-bond acceptors (Lipinski definition) is 4. The van der Waals surface area contributed by atoms with Crippen LogP contribution in [-0.2, 0) is 19.4 Å². The minimum Gasteiger partial charge on any atom is -0.340 e. The molecule has 0 aliphatic carbocycles. The Labute approximate surface area is 112 Å². The van der Waals surface area contributed by atoms with Crippen molar-refractivity contribution in [3.63, 3.8) is 0 Å². The maximum absolute atomic E-state index is 12.5. The molecule has 0 aromatic heterocycles. The Balaban J connectivity index is 2.29. The second-order valence-corrected chi connectivity index (χ2v) is 6.93. The average Bonchev–Trinajstić information content (AvgIpc) is 2.72. The number of piperazine rings is 1. The van der Waals surface area contributed by atoms with Crippen molar-refractivity contribution in [3.8, 4) is 0 Å². The van der Waals surface area contributed by atoms with Crippen LogP contribution in [0.2, 0.25) is 0 Å². The lowest BCUT2D eigenvalue weighted by Gasteiger charge is -2.43. The Hall–Kier alpha value is -1.37. The number of sulfone groups is 1. The van der Waals surface area contributed by atoms with Gasteiger partial charge in [0.15, 0.2) is 9.84 Å². The molecule has 2 amide bonds. The molecule has 0 saturated carbocycles. The number of hydrogen-bond donors (Lipinski definition) is 1. The molecule has 2 heterocycles. The van der Waals surface area contributed by atoms with Crippen molar-refractivity contribution in [1.29, 1.82) is 0 Å². The Kier molecular flexibility index (Phi) is 3.42. The number of amides is 2. The van der Waals surface area contributed by atoms with Crippen LogP contribution >= 0.6 is 0 Å². The average molecular weight is 286 g/mol. The fraction of sp³-hybridized carbons (Fsp3) is 0.667. The topological polar surface area (TPSA) is 83.6 Å². The molecule has 2 aliphatic rings. The van der Waals surface area contributed by atoms with Crippen molar-refractivity contribution in [2.45, 2.75) is 38.3 Å². The number of nitrogens with one attached hydrogen (secondary N) is 1. The SMILES string of the molecule is CCC1(CC)NC(=O)CN(C2C=CS(=O)(=O)C2)C1=O. The van der Waals surface area contributed by atoms with E-state index in [2.05, 4.69) is 5.32 Å². The summed E-state index contributed by atoms with van der Waals surface area (Å²) in [5.74, 6) is -0.556. The van der Waals surface area contributed by atoms with Gasteiger partial charge < -0.3 is 10.2 Å². The van der Waals surface area contributed by atoms with Gasteiger partial charge in [-0.2, -0.15) is 0 Å². The van der Waals surface area contributed by atoms with Gasteiger partial charge in [0.1, 0.15) is 12.1 Å². The van der Waals surface area contributed by atoms with Crippen molar-refractivity contribution >= 4 is 21.7 Å². The maximum Gasteiger partial charge on any atom is 0.249 e. The number of carbonyl (C=O) groups excluding carboxylic acids is 2. The summed E-state index contributed by atoms with van der Waals surface area (Å²) >= 11 is 0. The molecule has 1 N–H and O–H groups in total. The van der Waals surface area contributed by atoms with E-state index in [1.54, 1.807) is 0 Å². The van der Waals surface area contributed by atoms with E-state index in [1.807, 2.05) is 13.8 Å². The van der Waals surface area contributed by atoms with Crippen LogP contribution in [0, 0.1) is 0 Å². The van der Waals surface area contributed by atoms with Crippen LogP contribution in [0.25, 0.3) is 0 Å². The van der Waals surface area contributed by atoms with Gasteiger partial charge in [-0.1, -0.05) is 13.8 Å². The number of nitrogens with zero attached hydrogens (tertiary/aromatic N) is 1. The van der Waals surface area contributed by atoms with Crippen LogP contribution in [0.4, 0.5) is 0 Å². The van der Waals surface area contributed by atoms with E-state index in [1.165, 1.54) is 11.0 Å². The highest BCUT2D eigenvalue weighted by atomic mass is 32.2. The number of rotatable bonds is 3. The van der Waals surface area contributed by atoms with Crippen LogP contribution in [-0.4, -0.2) is 49.0 Å². The van der Waals surface area contributed by atoms with Crippen molar-refractivity contribution in [3.05, 3.63) is 11.5 Å². The van der Waals surface area contributed by atoms with E-state index in [-0.39, 0.29) is 24.1 Å². The molecule has 19 heavy (non-hydrogen) atoms. The molecule has 7 heteroatoms. The molecule has 0 aromatic rings. The highest BCUT2D eigenvalue weighted by molar-refractivity contribution is 7.94. The van der Waals surface area contributed by atoms with Gasteiger partial charge in [-0.15, -0.1) is 0 Å². The quantitative estimate of drug-likeness (QED) is 0.779. The fourth-order valence-electron chi connectivity index (χ4n) is 2.61. The van der Waals surface area contributed by atoms with Crippen molar-refractivity contribution in [1.82, 2.24) is 10.2 Å². The predicted octanol–water partition coefficient (Wildman–Crippen LogP) is -0.186. The highest BCUT2D eigenvalue weighted by Gasteiger charge is 2.46. The summed E-state index contributed by atoms with van der Waals surface area (Å²) in [5, 5.41) is 3.87. The third kappa shape index (κ3) is 2.39. The summed E-state index contributed by atoms with van der Waals surface area (Å²) < 4.78 is 22.9. The Bertz CT molecular complexity index is 534. The van der Waals surface area contributed by atoms with Gasteiger partial charge in [-0.3, -0.25) is 9.59 Å². The summed E-state index contributed by atoms with van der Waals surface area (Å²) in [6, 6.07) is -0.527. The third-order valence-electron chi connectivity index (χ3n) is 3.88. The molecule has 0 aromatic carbocycles. The molecule has 2 rings (SSSR count). The lowest BCUT2D eigenvalue weighted by atomic mass is 9.88. The first-order valence-electron chi connectivity index (χ1n) is 6.36. The van der Waals surface area contributed by atoms with Crippen LogP contribution < -0.4 is 5.32 Å². The van der Waals surface area contributed by atoms with Gasteiger partial charge in [0.05, 0.1) is 11.8 Å². The Morgan fingerprint density at radius 1 is 1.37 bits per heavy atom. The predicted molar refractivity (Wildman–Crippen MR) is 69.9 cm³/mol. The normalized spacial score (nSPS) is 28.5. The van der Waals surface area contributed by atoms with Gasteiger partial charge in [-0.25, -0.2) is 8.42 Å². The van der Waals surface area contributed by atoms with Gasteiger partial charge in [0, 0.05) is 5.41 Å². The minimum absolute atomic E-state index is 0.0783. The van der Waals surface area contributed by atoms with E-state index in [4.69, 9.17) is 0 Å². The lowest BCUT2D eigenvalue weighted by molar-refractivity contribution is -0.151. The van der Waals surface area contributed by atoms with Crippen LogP contribution in [0.3, 0.4) is 0 Å². The first-order valence-corrected chi connectivity index (χ1v) is 8.08. The monoisotopic (exact) mass is 286 g/mol. The van der Waals surface area contributed by atoms with Gasteiger partial charge in [0.2, 0.25) is 11.8 Å². The molecule has 1 atom stereocenters. The molecule has 1 fully saturated rings. The zero-order valence-electron chi connectivity index (χ0n) is 11.0. The first-order chi connectivity index (χ1) is 8.83. The van der Waals surface area contributed by atoms with Crippen molar-refractivity contribution in [2.75, 3.05) is 12.3 Å². The van der Waals surface area contributed by atoms with Crippen molar-refractivity contribution in [2.24, 2.45) is 0 Å². The van der Waals surface area contributed by atoms with Gasteiger partial charge >= 0.3 is 0 Å². The van der Waals surface area contributed by atoms with E-state index < -0.39 is 21.4 Å². The first kappa shape index (κ1) is 14.0. The lowest BCUT2D eigenvalue weighted by Crippen LogP contribution is -2.68. The molecule has 106 valence electrons. The molecular formula is C12H18N2O4S. The van der Waals surface area contributed by atoms with Crippen molar-refractivity contribution < 1.29 is 18.0 Å². The second-order valence-electron chi connectivity index (χ2n) is 5.00. The summed E-state index contributed by atoms with van der Waals surface area (Å²) in [5.41, 5.74) is -0.893. The zero-order chi connectivity index (χ0) is 14.3. The summed E-state index contributed by atoms with van der Waals surface area (Å²) in [4.78, 5) is 25.7. The number of carbonyl (C=O) groups is 2. The Morgan fingerprint density at radius 3 is 2.47 bits per heavy atom. The Morgan fingerprint density at radius 2 is 2.00 bits per heavy atom. The molecule has 1 saturated heterocycles. The standard InChI is InChI=1S/C12H18N2O4S/c1-3-12(4-2)11(16)14(7-10(15)13-12)9-5-6-19(17,18)8-9/h5-6,9H,3-4,7-8H2,1-2H3,(H,13,15). The second kappa shape index (κ2) is 4.63. The van der Waals surface area contributed by atoms with E-state index in [0.29, 0.717) is 12.8 Å². The highest BCUT2D eigenvalue weighted by Crippen LogP contribution is 2.26. The molecule has 0 spiro atoms. The van der Waals surface area contributed by atoms with E-state index in [0.717, 1.165) is 5.41 Å². The smallest absolute Gasteiger partial charge is 0.249 e.